The summed E-state index contributed by atoms with van der Waals surface area (Å²) < 4.78 is 12.3. The highest BCUT2D eigenvalue weighted by Crippen LogP contribution is 2.06. The zero-order valence-corrected chi connectivity index (χ0v) is 5.47. The maximum absolute atomic E-state index is 12.3. The number of nitrogens with two attached hydrogens (primary N) is 1. The molecule has 0 aliphatic carbocycles. The van der Waals surface area contributed by atoms with Crippen LogP contribution in [0.2, 0.25) is 0 Å². The van der Waals surface area contributed by atoms with Crippen molar-refractivity contribution < 1.29 is 4.39 Å². The Balaban J connectivity index is 2.69. The van der Waals surface area contributed by atoms with Crippen molar-refractivity contribution in [2.75, 3.05) is 12.0 Å². The first-order valence-corrected chi connectivity index (χ1v) is 3.02. The van der Waals surface area contributed by atoms with E-state index in [4.69, 9.17) is 5.73 Å². The number of benzene rings is 1. The molecule has 0 saturated heterocycles. The van der Waals surface area contributed by atoms with Gasteiger partial charge in [-0.15, -0.1) is 0 Å². The van der Waals surface area contributed by atoms with Gasteiger partial charge in [-0.05, 0) is 24.3 Å². The van der Waals surface area contributed by atoms with Gasteiger partial charge in [-0.2, -0.15) is 0 Å². The molecule has 0 bridgehead atoms. The molecule has 1 aromatic rings. The SMILES string of the molecule is NCNc1ccc(F)cc1. The van der Waals surface area contributed by atoms with E-state index in [0.717, 1.165) is 5.69 Å². The summed E-state index contributed by atoms with van der Waals surface area (Å²) in [5.41, 5.74) is 6.03. The molecule has 3 heteroatoms. The van der Waals surface area contributed by atoms with E-state index in [1.807, 2.05) is 0 Å². The fourth-order valence-corrected chi connectivity index (χ4v) is 0.686. The van der Waals surface area contributed by atoms with Gasteiger partial charge in [0, 0.05) is 5.69 Å². The molecule has 1 aromatic carbocycles. The van der Waals surface area contributed by atoms with Crippen LogP contribution < -0.4 is 11.1 Å². The monoisotopic (exact) mass is 140 g/mol. The van der Waals surface area contributed by atoms with Gasteiger partial charge >= 0.3 is 0 Å². The molecule has 3 N–H and O–H groups in total. The number of hydrogen-bond donors (Lipinski definition) is 2. The van der Waals surface area contributed by atoms with Crippen LogP contribution in [0.5, 0.6) is 0 Å². The van der Waals surface area contributed by atoms with Crippen LogP contribution in [0, 0.1) is 5.82 Å². The number of rotatable bonds is 2. The predicted octanol–water partition coefficient (Wildman–Crippen LogP) is 1.15. The molecular weight excluding hydrogens is 131 g/mol. The van der Waals surface area contributed by atoms with Crippen molar-refractivity contribution in [3.8, 4) is 0 Å². The molecule has 0 saturated carbocycles. The predicted molar refractivity (Wildman–Crippen MR) is 39.1 cm³/mol. The molecule has 1 rings (SSSR count). The summed E-state index contributed by atoms with van der Waals surface area (Å²) in [6.07, 6.45) is 0. The second-order valence-corrected chi connectivity index (χ2v) is 1.89. The first-order chi connectivity index (χ1) is 4.83. The molecule has 0 heterocycles. The summed E-state index contributed by atoms with van der Waals surface area (Å²) >= 11 is 0. The van der Waals surface area contributed by atoms with Crippen molar-refractivity contribution in [3.63, 3.8) is 0 Å². The molecule has 0 amide bonds. The Morgan fingerprint density at radius 1 is 1.30 bits per heavy atom. The second kappa shape index (κ2) is 3.17. The van der Waals surface area contributed by atoms with E-state index in [1.165, 1.54) is 12.1 Å². The normalized spacial score (nSPS) is 9.40. The Morgan fingerprint density at radius 2 is 1.90 bits per heavy atom. The van der Waals surface area contributed by atoms with E-state index in [2.05, 4.69) is 5.32 Å². The lowest BCUT2D eigenvalue weighted by atomic mass is 10.3. The number of anilines is 1. The van der Waals surface area contributed by atoms with Crippen LogP contribution in [0.3, 0.4) is 0 Å². The standard InChI is InChI=1S/C7H9FN2/c8-6-1-3-7(4-2-6)10-5-9/h1-4,10H,5,9H2. The largest absolute Gasteiger partial charge is 0.373 e. The average Bonchev–Trinajstić information content (AvgIpc) is 1.95. The van der Waals surface area contributed by atoms with E-state index in [9.17, 15) is 4.39 Å². The molecule has 0 aromatic heterocycles. The maximum atomic E-state index is 12.3. The van der Waals surface area contributed by atoms with Gasteiger partial charge in [-0.1, -0.05) is 0 Å². The average molecular weight is 140 g/mol. The van der Waals surface area contributed by atoms with Gasteiger partial charge in [0.05, 0.1) is 6.67 Å². The van der Waals surface area contributed by atoms with Crippen molar-refractivity contribution >= 4 is 5.69 Å². The van der Waals surface area contributed by atoms with Crippen LogP contribution in [0.4, 0.5) is 10.1 Å². The molecule has 2 nitrogen and oxygen atoms in total. The van der Waals surface area contributed by atoms with Gasteiger partial charge in [-0.3, -0.25) is 0 Å². The van der Waals surface area contributed by atoms with Gasteiger partial charge in [-0.25, -0.2) is 4.39 Å². The van der Waals surface area contributed by atoms with Crippen LogP contribution in [0.25, 0.3) is 0 Å². The van der Waals surface area contributed by atoms with Crippen molar-refractivity contribution in [2.24, 2.45) is 5.73 Å². The lowest BCUT2D eigenvalue weighted by Crippen LogP contribution is -2.10. The first-order valence-electron chi connectivity index (χ1n) is 3.02. The minimum Gasteiger partial charge on any atom is -0.373 e. The molecule has 0 aliphatic rings. The lowest BCUT2D eigenvalue weighted by Gasteiger charge is -2.00. The quantitative estimate of drug-likeness (QED) is 0.605. The fourth-order valence-electron chi connectivity index (χ4n) is 0.686. The van der Waals surface area contributed by atoms with Gasteiger partial charge in [0.25, 0.3) is 0 Å². The van der Waals surface area contributed by atoms with Crippen molar-refractivity contribution in [2.45, 2.75) is 0 Å². The summed E-state index contributed by atoms with van der Waals surface area (Å²) in [6.45, 7) is 0.367. The van der Waals surface area contributed by atoms with Crippen LogP contribution in [-0.2, 0) is 0 Å². The summed E-state index contributed by atoms with van der Waals surface area (Å²) in [5, 5.41) is 2.85. The van der Waals surface area contributed by atoms with Crippen molar-refractivity contribution in [3.05, 3.63) is 30.1 Å². The van der Waals surface area contributed by atoms with Crippen molar-refractivity contribution in [1.29, 1.82) is 0 Å². The summed E-state index contributed by atoms with van der Waals surface area (Å²) in [6, 6.07) is 6.06. The third-order valence-electron chi connectivity index (χ3n) is 1.15. The number of hydrogen-bond acceptors (Lipinski definition) is 2. The third-order valence-corrected chi connectivity index (χ3v) is 1.15. The topological polar surface area (TPSA) is 38.0 Å². The molecule has 0 spiro atoms. The Hall–Kier alpha value is -1.09. The maximum Gasteiger partial charge on any atom is 0.123 e. The highest BCUT2D eigenvalue weighted by molar-refractivity contribution is 5.42. The minimum absolute atomic E-state index is 0.234. The number of halogens is 1. The third kappa shape index (κ3) is 1.70. The Morgan fingerprint density at radius 3 is 2.40 bits per heavy atom. The van der Waals surface area contributed by atoms with Gasteiger partial charge in [0.2, 0.25) is 0 Å². The summed E-state index contributed by atoms with van der Waals surface area (Å²) in [7, 11) is 0. The van der Waals surface area contributed by atoms with Crippen LogP contribution in [0.15, 0.2) is 24.3 Å². The van der Waals surface area contributed by atoms with E-state index in [1.54, 1.807) is 12.1 Å². The molecule has 0 aliphatic heterocycles. The van der Waals surface area contributed by atoms with Gasteiger partial charge < -0.3 is 11.1 Å². The van der Waals surface area contributed by atoms with Crippen LogP contribution in [0.1, 0.15) is 0 Å². The summed E-state index contributed by atoms with van der Waals surface area (Å²) in [5.74, 6) is -0.234. The Bertz CT molecular complexity index is 195. The molecule has 10 heavy (non-hydrogen) atoms. The molecule has 0 unspecified atom stereocenters. The fraction of sp³-hybridized carbons (Fsp3) is 0.143. The highest BCUT2D eigenvalue weighted by Gasteiger charge is 1.88. The van der Waals surface area contributed by atoms with E-state index < -0.39 is 0 Å². The Kier molecular flexibility index (Phi) is 2.23. The zero-order valence-electron chi connectivity index (χ0n) is 5.47. The molecule has 0 fully saturated rings. The van der Waals surface area contributed by atoms with E-state index in [0.29, 0.717) is 6.67 Å². The molecular formula is C7H9FN2. The molecule has 0 radical (unpaired) electrons. The van der Waals surface area contributed by atoms with Gasteiger partial charge in [0.15, 0.2) is 0 Å². The van der Waals surface area contributed by atoms with Crippen LogP contribution in [-0.4, -0.2) is 6.67 Å². The number of nitrogens with one attached hydrogen (secondary N) is 1. The lowest BCUT2D eigenvalue weighted by molar-refractivity contribution is 0.628. The highest BCUT2D eigenvalue weighted by atomic mass is 19.1. The second-order valence-electron chi connectivity index (χ2n) is 1.89. The van der Waals surface area contributed by atoms with Gasteiger partial charge in [0.1, 0.15) is 5.82 Å². The first kappa shape index (κ1) is 7.02. The smallest absolute Gasteiger partial charge is 0.123 e. The van der Waals surface area contributed by atoms with Crippen LogP contribution >= 0.6 is 0 Å². The summed E-state index contributed by atoms with van der Waals surface area (Å²) in [4.78, 5) is 0. The zero-order chi connectivity index (χ0) is 7.40. The van der Waals surface area contributed by atoms with E-state index >= 15 is 0 Å². The van der Waals surface area contributed by atoms with E-state index in [-0.39, 0.29) is 5.82 Å². The molecule has 0 atom stereocenters. The molecule has 54 valence electrons. The Labute approximate surface area is 58.9 Å². The minimum atomic E-state index is -0.234. The van der Waals surface area contributed by atoms with Crippen molar-refractivity contribution in [1.82, 2.24) is 0 Å².